The molecule has 1 aromatic heterocycles. The van der Waals surface area contributed by atoms with Crippen LogP contribution in [0.2, 0.25) is 0 Å². The van der Waals surface area contributed by atoms with Crippen molar-refractivity contribution >= 4 is 21.6 Å². The third-order valence-corrected chi connectivity index (χ3v) is 6.96. The molecule has 0 bridgehead atoms. The van der Waals surface area contributed by atoms with E-state index in [-0.39, 0.29) is 18.0 Å². The molecule has 3 nitrogen and oxygen atoms in total. The molecule has 5 rings (SSSR count). The number of rotatable bonds is 5. The maximum Gasteiger partial charge on any atom is 0.134 e. The van der Waals surface area contributed by atoms with Crippen LogP contribution in [0.15, 0.2) is 72.8 Å². The van der Waals surface area contributed by atoms with E-state index in [0.29, 0.717) is 0 Å². The molecular formula is C26H25FN2OS. The van der Waals surface area contributed by atoms with Crippen LogP contribution in [-0.2, 0) is 4.74 Å². The van der Waals surface area contributed by atoms with Gasteiger partial charge in [-0.3, -0.25) is 0 Å². The maximum absolute atomic E-state index is 13.8. The highest BCUT2D eigenvalue weighted by Crippen LogP contribution is 2.36. The molecule has 1 atom stereocenters. The highest BCUT2D eigenvalue weighted by atomic mass is 32.1. The summed E-state index contributed by atoms with van der Waals surface area (Å²) in [5, 5.41) is 0.969. The third-order valence-electron chi connectivity index (χ3n) is 5.88. The fourth-order valence-corrected chi connectivity index (χ4v) is 5.18. The molecular weight excluding hydrogens is 407 g/mol. The Labute approximate surface area is 186 Å². The van der Waals surface area contributed by atoms with Crippen LogP contribution in [0.3, 0.4) is 0 Å². The van der Waals surface area contributed by atoms with Crippen molar-refractivity contribution in [3.05, 3.63) is 89.2 Å². The van der Waals surface area contributed by atoms with Crippen molar-refractivity contribution in [1.82, 2.24) is 9.88 Å². The normalized spacial score (nSPS) is 16.6. The van der Waals surface area contributed by atoms with Crippen LogP contribution in [0, 0.1) is 5.82 Å². The first kappa shape index (κ1) is 20.3. The zero-order valence-electron chi connectivity index (χ0n) is 17.5. The van der Waals surface area contributed by atoms with Gasteiger partial charge in [-0.1, -0.05) is 42.5 Å². The van der Waals surface area contributed by atoms with Gasteiger partial charge in [-0.05, 0) is 66.9 Å². The molecule has 0 radical (unpaired) electrons. The lowest BCUT2D eigenvalue weighted by Gasteiger charge is -2.31. The predicted octanol–water partition coefficient (Wildman–Crippen LogP) is 6.30. The summed E-state index contributed by atoms with van der Waals surface area (Å²) in [6, 6.07) is 23.2. The second-order valence-corrected chi connectivity index (χ2v) is 9.24. The number of halogens is 1. The van der Waals surface area contributed by atoms with Crippen LogP contribution in [0.5, 0.6) is 0 Å². The van der Waals surface area contributed by atoms with E-state index < -0.39 is 0 Å². The van der Waals surface area contributed by atoms with Gasteiger partial charge < -0.3 is 9.64 Å². The predicted molar refractivity (Wildman–Crippen MR) is 125 cm³/mol. The molecule has 1 saturated heterocycles. The summed E-state index contributed by atoms with van der Waals surface area (Å²) in [5.74, 6) is -0.229. The monoisotopic (exact) mass is 432 g/mol. The van der Waals surface area contributed by atoms with Gasteiger partial charge in [0.05, 0.1) is 16.3 Å². The second kappa shape index (κ2) is 8.87. The van der Waals surface area contributed by atoms with Gasteiger partial charge in [0, 0.05) is 13.1 Å². The van der Waals surface area contributed by atoms with Gasteiger partial charge >= 0.3 is 0 Å². The Bertz CT molecular complexity index is 1150. The standard InChI is InChI=1S/C26H25FN2OS/c1-29-14-12-22(13-15-29)30-25(26-28-23-10-2-3-11-24(23)31-26)20-8-4-6-18(16-20)19-7-5-9-21(27)17-19/h2-11,16-17,22,25H,12-15H2,1H3. The molecule has 0 aliphatic carbocycles. The number of likely N-dealkylation sites (tertiary alicyclic amines) is 1. The first-order valence-corrected chi connectivity index (χ1v) is 11.5. The van der Waals surface area contributed by atoms with Crippen LogP contribution in [0.4, 0.5) is 4.39 Å². The van der Waals surface area contributed by atoms with E-state index in [1.807, 2.05) is 36.4 Å². The van der Waals surface area contributed by atoms with Crippen LogP contribution in [-0.4, -0.2) is 36.1 Å². The number of thiazole rings is 1. The van der Waals surface area contributed by atoms with E-state index in [1.54, 1.807) is 23.5 Å². The van der Waals surface area contributed by atoms with Crippen molar-refractivity contribution in [3.8, 4) is 11.1 Å². The molecule has 1 unspecified atom stereocenters. The molecule has 0 spiro atoms. The van der Waals surface area contributed by atoms with Gasteiger partial charge in [0.25, 0.3) is 0 Å². The number of piperidine rings is 1. The SMILES string of the molecule is CN1CCC(OC(c2cccc(-c3cccc(F)c3)c2)c2nc3ccccc3s2)CC1. The van der Waals surface area contributed by atoms with E-state index in [4.69, 9.17) is 9.72 Å². The van der Waals surface area contributed by atoms with Crippen molar-refractivity contribution < 1.29 is 9.13 Å². The lowest BCUT2D eigenvalue weighted by molar-refractivity contribution is -0.0234. The van der Waals surface area contributed by atoms with Crippen molar-refractivity contribution in [2.75, 3.05) is 20.1 Å². The Balaban J connectivity index is 1.52. The van der Waals surface area contributed by atoms with E-state index in [2.05, 4.69) is 30.1 Å². The van der Waals surface area contributed by atoms with Gasteiger partial charge in [0.1, 0.15) is 16.9 Å². The number of benzene rings is 3. The minimum absolute atomic E-state index is 0.200. The molecule has 2 heterocycles. The first-order chi connectivity index (χ1) is 15.2. The molecule has 0 N–H and O–H groups in total. The molecule has 5 heteroatoms. The summed E-state index contributed by atoms with van der Waals surface area (Å²) in [5.41, 5.74) is 3.90. The Morgan fingerprint density at radius 3 is 2.48 bits per heavy atom. The van der Waals surface area contributed by atoms with E-state index in [9.17, 15) is 4.39 Å². The number of ether oxygens (including phenoxy) is 1. The van der Waals surface area contributed by atoms with E-state index >= 15 is 0 Å². The number of hydrogen-bond acceptors (Lipinski definition) is 4. The number of aromatic nitrogens is 1. The van der Waals surface area contributed by atoms with Crippen LogP contribution in [0.25, 0.3) is 21.3 Å². The smallest absolute Gasteiger partial charge is 0.134 e. The molecule has 1 aliphatic rings. The number of fused-ring (bicyclic) bond motifs is 1. The number of nitrogens with zero attached hydrogens (tertiary/aromatic N) is 2. The Kier molecular flexibility index (Phi) is 5.81. The Morgan fingerprint density at radius 1 is 0.968 bits per heavy atom. The summed E-state index contributed by atoms with van der Waals surface area (Å²) < 4.78 is 21.7. The van der Waals surface area contributed by atoms with Gasteiger partial charge in [0.15, 0.2) is 0 Å². The fourth-order valence-electron chi connectivity index (χ4n) is 4.14. The third kappa shape index (κ3) is 4.54. The van der Waals surface area contributed by atoms with Crippen LogP contribution >= 0.6 is 11.3 Å². The highest BCUT2D eigenvalue weighted by Gasteiger charge is 2.26. The lowest BCUT2D eigenvalue weighted by atomic mass is 10.00. The van der Waals surface area contributed by atoms with Gasteiger partial charge in [-0.2, -0.15) is 0 Å². The summed E-state index contributed by atoms with van der Waals surface area (Å²) in [4.78, 5) is 7.25. The largest absolute Gasteiger partial charge is 0.363 e. The Morgan fingerprint density at radius 2 is 1.71 bits per heavy atom. The summed E-state index contributed by atoms with van der Waals surface area (Å²) in [6.45, 7) is 2.08. The topological polar surface area (TPSA) is 25.4 Å². The Hall–Kier alpha value is -2.60. The average Bonchev–Trinajstić information content (AvgIpc) is 3.23. The minimum atomic E-state index is -0.237. The van der Waals surface area contributed by atoms with Crippen molar-refractivity contribution in [3.63, 3.8) is 0 Å². The van der Waals surface area contributed by atoms with E-state index in [0.717, 1.165) is 57.8 Å². The fraction of sp³-hybridized carbons (Fsp3) is 0.269. The lowest BCUT2D eigenvalue weighted by Crippen LogP contribution is -2.35. The van der Waals surface area contributed by atoms with Crippen LogP contribution in [0.1, 0.15) is 29.5 Å². The molecule has 0 saturated carbocycles. The van der Waals surface area contributed by atoms with Gasteiger partial charge in [0.2, 0.25) is 0 Å². The summed E-state index contributed by atoms with van der Waals surface area (Å²) in [7, 11) is 2.16. The van der Waals surface area contributed by atoms with Crippen LogP contribution < -0.4 is 0 Å². The highest BCUT2D eigenvalue weighted by molar-refractivity contribution is 7.18. The zero-order valence-corrected chi connectivity index (χ0v) is 18.3. The van der Waals surface area contributed by atoms with E-state index in [1.165, 1.54) is 6.07 Å². The number of para-hydroxylation sites is 1. The molecule has 158 valence electrons. The maximum atomic E-state index is 13.8. The molecule has 1 fully saturated rings. The average molecular weight is 433 g/mol. The second-order valence-electron chi connectivity index (χ2n) is 8.17. The summed E-state index contributed by atoms with van der Waals surface area (Å²) in [6.07, 6.45) is 1.99. The molecule has 1 aliphatic heterocycles. The molecule has 0 amide bonds. The summed E-state index contributed by atoms with van der Waals surface area (Å²) >= 11 is 1.69. The quantitative estimate of drug-likeness (QED) is 0.370. The van der Waals surface area contributed by atoms with Gasteiger partial charge in [-0.15, -0.1) is 11.3 Å². The zero-order chi connectivity index (χ0) is 21.2. The molecule has 4 aromatic rings. The minimum Gasteiger partial charge on any atom is -0.363 e. The van der Waals surface area contributed by atoms with Crippen molar-refractivity contribution in [2.45, 2.75) is 25.0 Å². The van der Waals surface area contributed by atoms with Crippen molar-refractivity contribution in [2.24, 2.45) is 0 Å². The molecule has 31 heavy (non-hydrogen) atoms. The van der Waals surface area contributed by atoms with Gasteiger partial charge in [-0.25, -0.2) is 9.37 Å². The first-order valence-electron chi connectivity index (χ1n) is 10.7. The molecule has 3 aromatic carbocycles. The van der Waals surface area contributed by atoms with Crippen molar-refractivity contribution in [1.29, 1.82) is 0 Å². The number of hydrogen-bond donors (Lipinski definition) is 0.